The van der Waals surface area contributed by atoms with Crippen molar-refractivity contribution in [3.05, 3.63) is 61.3 Å². The molecule has 12 heteroatoms. The Morgan fingerprint density at radius 2 is 1.80 bits per heavy atom. The Morgan fingerprint density at radius 3 is 2.49 bits per heavy atom. The number of anilines is 1. The number of hydrogen-bond donors (Lipinski definition) is 1. The number of nitrogens with one attached hydrogen (secondary N) is 1. The summed E-state index contributed by atoms with van der Waals surface area (Å²) in [6.07, 6.45) is 9.32. The molecule has 1 fully saturated rings. The van der Waals surface area contributed by atoms with Crippen LogP contribution in [0.4, 0.5) is 5.69 Å². The zero-order valence-corrected chi connectivity index (χ0v) is 20.5. The molecule has 3 aromatic heterocycles. The van der Waals surface area contributed by atoms with Crippen molar-refractivity contribution in [2.24, 2.45) is 0 Å². The molecular weight excluding hydrogens is 486 g/mol. The third-order valence-electron chi connectivity index (χ3n) is 5.78. The Balaban J connectivity index is 1.26. The second-order valence-corrected chi connectivity index (χ2v) is 10.6. The number of benzene rings is 1. The SMILES string of the molecule is CS(=O)(=O)c1ccc(-n2ncc3c(OC4CCN(C(=S)Nc5ccncc5)CC4)ncnc32)cc1. The largest absolute Gasteiger partial charge is 0.474 e. The van der Waals surface area contributed by atoms with E-state index >= 15 is 0 Å². The van der Waals surface area contributed by atoms with Gasteiger partial charge >= 0.3 is 0 Å². The Morgan fingerprint density at radius 1 is 1.09 bits per heavy atom. The van der Waals surface area contributed by atoms with E-state index in [0.717, 1.165) is 31.6 Å². The topological polar surface area (TPSA) is 115 Å². The molecule has 4 aromatic rings. The number of rotatable bonds is 5. The third-order valence-corrected chi connectivity index (χ3v) is 7.27. The van der Waals surface area contributed by atoms with Crippen LogP contribution in [0.15, 0.2) is 66.2 Å². The van der Waals surface area contributed by atoms with Gasteiger partial charge in [0.1, 0.15) is 17.8 Å². The van der Waals surface area contributed by atoms with Crippen molar-refractivity contribution >= 4 is 43.9 Å². The number of hydrogen-bond acceptors (Lipinski definition) is 8. The summed E-state index contributed by atoms with van der Waals surface area (Å²) >= 11 is 5.55. The molecule has 1 saturated heterocycles. The lowest BCUT2D eigenvalue weighted by Gasteiger charge is -2.33. The van der Waals surface area contributed by atoms with Gasteiger partial charge in [-0.25, -0.2) is 23.1 Å². The van der Waals surface area contributed by atoms with Gasteiger partial charge in [-0.1, -0.05) is 0 Å². The van der Waals surface area contributed by atoms with Gasteiger partial charge in [-0.05, 0) is 48.6 Å². The van der Waals surface area contributed by atoms with E-state index < -0.39 is 9.84 Å². The fourth-order valence-electron chi connectivity index (χ4n) is 3.91. The summed E-state index contributed by atoms with van der Waals surface area (Å²) in [5.41, 5.74) is 2.19. The van der Waals surface area contributed by atoms with Gasteiger partial charge in [0, 0.05) is 50.3 Å². The van der Waals surface area contributed by atoms with Crippen molar-refractivity contribution in [3.63, 3.8) is 0 Å². The molecule has 1 aliphatic rings. The molecule has 0 saturated carbocycles. The minimum atomic E-state index is -3.27. The summed E-state index contributed by atoms with van der Waals surface area (Å²) in [4.78, 5) is 15.1. The molecule has 0 bridgehead atoms. The van der Waals surface area contributed by atoms with Gasteiger partial charge in [0.05, 0.1) is 16.8 Å². The monoisotopic (exact) mass is 509 g/mol. The number of nitrogens with zero attached hydrogens (tertiary/aromatic N) is 6. The van der Waals surface area contributed by atoms with Crippen molar-refractivity contribution in [2.45, 2.75) is 23.8 Å². The minimum absolute atomic E-state index is 0.00882. The first-order valence-corrected chi connectivity index (χ1v) is 13.3. The van der Waals surface area contributed by atoms with Crippen LogP contribution in [0.3, 0.4) is 0 Å². The summed E-state index contributed by atoms with van der Waals surface area (Å²) in [7, 11) is -3.27. The lowest BCUT2D eigenvalue weighted by atomic mass is 10.1. The van der Waals surface area contributed by atoms with Gasteiger partial charge in [0.15, 0.2) is 20.6 Å². The molecule has 0 spiro atoms. The number of fused-ring (bicyclic) bond motifs is 1. The summed E-state index contributed by atoms with van der Waals surface area (Å²) in [6.45, 7) is 1.53. The highest BCUT2D eigenvalue weighted by molar-refractivity contribution is 7.90. The van der Waals surface area contributed by atoms with E-state index in [1.54, 1.807) is 47.5 Å². The van der Waals surface area contributed by atoms with Crippen LogP contribution in [0, 0.1) is 0 Å². The molecule has 0 aliphatic carbocycles. The van der Waals surface area contributed by atoms with Gasteiger partial charge in [0.2, 0.25) is 5.88 Å². The van der Waals surface area contributed by atoms with E-state index in [0.29, 0.717) is 27.7 Å². The standard InChI is InChI=1S/C23H23N7O3S2/c1-35(31,32)19-4-2-17(3-5-19)30-21-20(14-27-30)22(26-15-25-21)33-18-8-12-29(13-9-18)23(34)28-16-6-10-24-11-7-16/h2-7,10-11,14-15,18H,8-9,12-13H2,1H3,(H,24,28,34). The predicted molar refractivity (Wildman–Crippen MR) is 135 cm³/mol. The van der Waals surface area contributed by atoms with Gasteiger partial charge in [-0.15, -0.1) is 0 Å². The highest BCUT2D eigenvalue weighted by Gasteiger charge is 2.24. The van der Waals surface area contributed by atoms with Gasteiger partial charge in [-0.3, -0.25) is 4.98 Å². The summed E-state index contributed by atoms with van der Waals surface area (Å²) in [5, 5.41) is 9.05. The van der Waals surface area contributed by atoms with E-state index in [9.17, 15) is 8.42 Å². The quantitative estimate of drug-likeness (QED) is 0.403. The molecule has 0 unspecified atom stereocenters. The normalized spacial score (nSPS) is 14.7. The van der Waals surface area contributed by atoms with E-state index in [1.165, 1.54) is 12.6 Å². The first-order valence-electron chi connectivity index (χ1n) is 11.0. The molecule has 0 atom stereocenters. The van der Waals surface area contributed by atoms with E-state index in [4.69, 9.17) is 17.0 Å². The van der Waals surface area contributed by atoms with Gasteiger partial charge < -0.3 is 15.0 Å². The highest BCUT2D eigenvalue weighted by Crippen LogP contribution is 2.26. The van der Waals surface area contributed by atoms with Crippen LogP contribution >= 0.6 is 12.2 Å². The zero-order valence-electron chi connectivity index (χ0n) is 18.9. The maximum Gasteiger partial charge on any atom is 0.228 e. The number of likely N-dealkylation sites (tertiary alicyclic amines) is 1. The second-order valence-electron chi connectivity index (χ2n) is 8.21. The second kappa shape index (κ2) is 9.55. The van der Waals surface area contributed by atoms with Crippen molar-refractivity contribution < 1.29 is 13.2 Å². The van der Waals surface area contributed by atoms with Crippen LogP contribution in [0.2, 0.25) is 0 Å². The van der Waals surface area contributed by atoms with E-state index in [1.807, 2.05) is 12.1 Å². The van der Waals surface area contributed by atoms with Gasteiger partial charge in [0.25, 0.3) is 0 Å². The van der Waals surface area contributed by atoms with E-state index in [2.05, 4.69) is 30.3 Å². The number of sulfone groups is 1. The van der Waals surface area contributed by atoms with Crippen LogP contribution in [0.25, 0.3) is 16.7 Å². The first kappa shape index (κ1) is 23.1. The lowest BCUT2D eigenvalue weighted by Crippen LogP contribution is -2.43. The van der Waals surface area contributed by atoms with Crippen LogP contribution in [0.1, 0.15) is 12.8 Å². The number of pyridine rings is 1. The molecule has 5 rings (SSSR count). The Kier molecular flexibility index (Phi) is 6.31. The fourth-order valence-corrected chi connectivity index (χ4v) is 4.84. The average Bonchev–Trinajstić information content (AvgIpc) is 3.30. The molecular formula is C23H23N7O3S2. The lowest BCUT2D eigenvalue weighted by molar-refractivity contribution is 0.128. The number of piperidine rings is 1. The molecule has 1 N–H and O–H groups in total. The van der Waals surface area contributed by atoms with Crippen LogP contribution in [-0.2, 0) is 9.84 Å². The fraction of sp³-hybridized carbons (Fsp3) is 0.261. The average molecular weight is 510 g/mol. The van der Waals surface area contributed by atoms with Crippen LogP contribution in [0.5, 0.6) is 5.88 Å². The molecule has 0 radical (unpaired) electrons. The number of thiocarbonyl (C=S) groups is 1. The molecule has 10 nitrogen and oxygen atoms in total. The maximum absolute atomic E-state index is 11.7. The Hall–Kier alpha value is -3.64. The van der Waals surface area contributed by atoms with Crippen molar-refractivity contribution in [1.82, 2.24) is 29.6 Å². The Labute approximate surface area is 207 Å². The highest BCUT2D eigenvalue weighted by atomic mass is 32.2. The zero-order chi connectivity index (χ0) is 24.4. The molecule has 4 heterocycles. The smallest absolute Gasteiger partial charge is 0.228 e. The Bertz CT molecular complexity index is 1450. The summed E-state index contributed by atoms with van der Waals surface area (Å²) in [6, 6.07) is 10.3. The van der Waals surface area contributed by atoms with Crippen LogP contribution < -0.4 is 10.1 Å². The van der Waals surface area contributed by atoms with Crippen molar-refractivity contribution in [2.75, 3.05) is 24.7 Å². The summed E-state index contributed by atoms with van der Waals surface area (Å²) < 4.78 is 31.4. The number of ether oxygens (including phenoxy) is 1. The van der Waals surface area contributed by atoms with E-state index in [-0.39, 0.29) is 11.0 Å². The summed E-state index contributed by atoms with van der Waals surface area (Å²) in [5.74, 6) is 0.477. The molecule has 35 heavy (non-hydrogen) atoms. The number of aromatic nitrogens is 5. The molecule has 0 amide bonds. The maximum atomic E-state index is 11.7. The van der Waals surface area contributed by atoms with Gasteiger partial charge in [-0.2, -0.15) is 5.10 Å². The van der Waals surface area contributed by atoms with Crippen LogP contribution in [-0.4, -0.2) is 68.6 Å². The minimum Gasteiger partial charge on any atom is -0.474 e. The molecule has 1 aromatic carbocycles. The predicted octanol–water partition coefficient (Wildman–Crippen LogP) is 2.85. The van der Waals surface area contributed by atoms with Crippen molar-refractivity contribution in [3.8, 4) is 11.6 Å². The molecule has 1 aliphatic heterocycles. The molecule has 180 valence electrons. The first-order chi connectivity index (χ1) is 16.9. The third kappa shape index (κ3) is 5.08. The van der Waals surface area contributed by atoms with Crippen molar-refractivity contribution in [1.29, 1.82) is 0 Å².